The molecule has 4 nitrogen and oxygen atoms in total. The van der Waals surface area contributed by atoms with E-state index in [0.717, 1.165) is 12.1 Å². The van der Waals surface area contributed by atoms with E-state index in [0.29, 0.717) is 13.0 Å². The Labute approximate surface area is 116 Å². The normalized spacial score (nSPS) is 19.5. The van der Waals surface area contributed by atoms with Crippen molar-refractivity contribution in [2.24, 2.45) is 0 Å². The highest BCUT2D eigenvalue weighted by molar-refractivity contribution is 7.91. The minimum Gasteiger partial charge on any atom is -0.295 e. The monoisotopic (exact) mass is 303 g/mol. The van der Waals surface area contributed by atoms with Crippen molar-refractivity contribution in [2.45, 2.75) is 6.42 Å². The number of Topliss-reactive ketones (excluding diaryl/α,β-unsaturated/α-hetero) is 1. The standard InChI is InChI=1S/C13H15F2NO3S/c14-10-3-1-4-11(15)13(10)12(17)9-16-5-2-7-20(18,19)8-6-16/h1,3-4H,2,5-9H2. The zero-order chi connectivity index (χ0) is 14.8. The van der Waals surface area contributed by atoms with E-state index < -0.39 is 32.8 Å². The lowest BCUT2D eigenvalue weighted by atomic mass is 10.1. The maximum absolute atomic E-state index is 13.5. The highest BCUT2D eigenvalue weighted by Gasteiger charge is 2.23. The fourth-order valence-electron chi connectivity index (χ4n) is 2.19. The zero-order valence-corrected chi connectivity index (χ0v) is 11.6. The summed E-state index contributed by atoms with van der Waals surface area (Å²) in [6.07, 6.45) is 0.426. The molecule has 0 aliphatic carbocycles. The highest BCUT2D eigenvalue weighted by Crippen LogP contribution is 2.14. The Bertz CT molecular complexity index is 596. The Kier molecular flexibility index (Phi) is 4.49. The van der Waals surface area contributed by atoms with Crippen LogP contribution in [0.25, 0.3) is 0 Å². The zero-order valence-electron chi connectivity index (χ0n) is 10.8. The maximum Gasteiger partial charge on any atom is 0.182 e. The molecule has 0 unspecified atom stereocenters. The van der Waals surface area contributed by atoms with Crippen molar-refractivity contribution in [3.8, 4) is 0 Å². The van der Waals surface area contributed by atoms with Gasteiger partial charge in [0.2, 0.25) is 0 Å². The van der Waals surface area contributed by atoms with Crippen LogP contribution in [0.3, 0.4) is 0 Å². The van der Waals surface area contributed by atoms with Gasteiger partial charge in [-0.3, -0.25) is 9.69 Å². The molecule has 1 aromatic rings. The van der Waals surface area contributed by atoms with Crippen LogP contribution in [0.2, 0.25) is 0 Å². The molecule has 1 aromatic carbocycles. The third kappa shape index (κ3) is 3.61. The van der Waals surface area contributed by atoms with Crippen LogP contribution in [-0.4, -0.2) is 50.2 Å². The number of benzene rings is 1. The summed E-state index contributed by atoms with van der Waals surface area (Å²) in [6, 6.07) is 3.26. The molecule has 7 heteroatoms. The van der Waals surface area contributed by atoms with Gasteiger partial charge in [-0.05, 0) is 25.1 Å². The number of hydrogen-bond donors (Lipinski definition) is 0. The molecule has 1 aliphatic heterocycles. The first kappa shape index (κ1) is 15.1. The highest BCUT2D eigenvalue weighted by atomic mass is 32.2. The van der Waals surface area contributed by atoms with Crippen LogP contribution < -0.4 is 0 Å². The van der Waals surface area contributed by atoms with Crippen molar-refractivity contribution >= 4 is 15.6 Å². The van der Waals surface area contributed by atoms with E-state index in [9.17, 15) is 22.0 Å². The Hall–Kier alpha value is -1.34. The van der Waals surface area contributed by atoms with Crippen molar-refractivity contribution in [3.05, 3.63) is 35.4 Å². The topological polar surface area (TPSA) is 54.5 Å². The van der Waals surface area contributed by atoms with Crippen LogP contribution in [0.5, 0.6) is 0 Å². The molecular formula is C13H15F2NO3S. The molecule has 0 spiro atoms. The SMILES string of the molecule is O=C(CN1CCCS(=O)(=O)CC1)c1c(F)cccc1F. The Morgan fingerprint density at radius 2 is 1.80 bits per heavy atom. The Morgan fingerprint density at radius 3 is 2.45 bits per heavy atom. The van der Waals surface area contributed by atoms with E-state index >= 15 is 0 Å². The molecule has 0 amide bonds. The van der Waals surface area contributed by atoms with Crippen LogP contribution in [0, 0.1) is 11.6 Å². The van der Waals surface area contributed by atoms with E-state index in [1.54, 1.807) is 4.90 Å². The Morgan fingerprint density at radius 1 is 1.15 bits per heavy atom. The van der Waals surface area contributed by atoms with Crippen molar-refractivity contribution in [2.75, 3.05) is 31.1 Å². The van der Waals surface area contributed by atoms with E-state index in [2.05, 4.69) is 0 Å². The third-order valence-electron chi connectivity index (χ3n) is 3.26. The van der Waals surface area contributed by atoms with Gasteiger partial charge < -0.3 is 0 Å². The van der Waals surface area contributed by atoms with Crippen molar-refractivity contribution < 1.29 is 22.0 Å². The first-order valence-electron chi connectivity index (χ1n) is 6.29. The van der Waals surface area contributed by atoms with Gasteiger partial charge in [-0.2, -0.15) is 0 Å². The van der Waals surface area contributed by atoms with Crippen LogP contribution in [-0.2, 0) is 9.84 Å². The molecule has 1 aliphatic rings. The number of nitrogens with zero attached hydrogens (tertiary/aromatic N) is 1. The second-order valence-electron chi connectivity index (χ2n) is 4.80. The first-order valence-corrected chi connectivity index (χ1v) is 8.11. The summed E-state index contributed by atoms with van der Waals surface area (Å²) in [5, 5.41) is 0. The lowest BCUT2D eigenvalue weighted by molar-refractivity contribution is 0.0927. The molecule has 0 bridgehead atoms. The molecule has 2 rings (SSSR count). The van der Waals surface area contributed by atoms with Gasteiger partial charge in [-0.25, -0.2) is 17.2 Å². The summed E-state index contributed by atoms with van der Waals surface area (Å²) in [4.78, 5) is 13.6. The Balaban J connectivity index is 2.08. The van der Waals surface area contributed by atoms with E-state index in [4.69, 9.17) is 0 Å². The third-order valence-corrected chi connectivity index (χ3v) is 4.97. The molecule has 1 saturated heterocycles. The lowest BCUT2D eigenvalue weighted by Gasteiger charge is -2.18. The molecule has 1 fully saturated rings. The second kappa shape index (κ2) is 5.97. The summed E-state index contributed by atoms with van der Waals surface area (Å²) in [6.45, 7) is 0.471. The molecule has 0 radical (unpaired) electrons. The summed E-state index contributed by atoms with van der Waals surface area (Å²) in [7, 11) is -3.07. The molecule has 0 aromatic heterocycles. The quantitative estimate of drug-likeness (QED) is 0.789. The van der Waals surface area contributed by atoms with Crippen LogP contribution in [0.4, 0.5) is 8.78 Å². The molecular weight excluding hydrogens is 288 g/mol. The lowest BCUT2D eigenvalue weighted by Crippen LogP contribution is -2.33. The second-order valence-corrected chi connectivity index (χ2v) is 7.10. The van der Waals surface area contributed by atoms with Gasteiger partial charge in [0.25, 0.3) is 0 Å². The summed E-state index contributed by atoms with van der Waals surface area (Å²) < 4.78 is 49.9. The summed E-state index contributed by atoms with van der Waals surface area (Å²) >= 11 is 0. The van der Waals surface area contributed by atoms with Crippen LogP contribution in [0.1, 0.15) is 16.8 Å². The maximum atomic E-state index is 13.5. The summed E-state index contributed by atoms with van der Waals surface area (Å²) in [5.74, 6) is -2.39. The number of hydrogen-bond acceptors (Lipinski definition) is 4. The number of carbonyl (C=O) groups is 1. The van der Waals surface area contributed by atoms with Gasteiger partial charge in [0.05, 0.1) is 23.6 Å². The minimum absolute atomic E-state index is 0.0277. The van der Waals surface area contributed by atoms with Gasteiger partial charge in [-0.1, -0.05) is 6.07 Å². The number of rotatable bonds is 3. The van der Waals surface area contributed by atoms with Crippen LogP contribution >= 0.6 is 0 Å². The van der Waals surface area contributed by atoms with Gasteiger partial charge in [-0.15, -0.1) is 0 Å². The van der Waals surface area contributed by atoms with Crippen molar-refractivity contribution in [1.82, 2.24) is 4.90 Å². The molecule has 0 saturated carbocycles. The number of carbonyl (C=O) groups excluding carboxylic acids is 1. The molecule has 0 atom stereocenters. The molecule has 0 N–H and O–H groups in total. The van der Waals surface area contributed by atoms with Gasteiger partial charge in [0.15, 0.2) is 15.6 Å². The molecule has 110 valence electrons. The minimum atomic E-state index is -3.07. The first-order chi connectivity index (χ1) is 9.39. The van der Waals surface area contributed by atoms with Crippen LogP contribution in [0.15, 0.2) is 18.2 Å². The molecule has 20 heavy (non-hydrogen) atoms. The predicted molar refractivity (Wildman–Crippen MR) is 70.4 cm³/mol. The van der Waals surface area contributed by atoms with E-state index in [1.165, 1.54) is 6.07 Å². The number of sulfone groups is 1. The summed E-state index contributed by atoms with van der Waals surface area (Å²) in [5.41, 5.74) is -0.556. The van der Waals surface area contributed by atoms with E-state index in [1.807, 2.05) is 0 Å². The van der Waals surface area contributed by atoms with Gasteiger partial charge in [0, 0.05) is 6.54 Å². The average Bonchev–Trinajstić information content (AvgIpc) is 2.51. The smallest absolute Gasteiger partial charge is 0.182 e. The largest absolute Gasteiger partial charge is 0.295 e. The van der Waals surface area contributed by atoms with Crippen molar-refractivity contribution in [3.63, 3.8) is 0 Å². The fourth-order valence-corrected chi connectivity index (χ4v) is 3.50. The fraction of sp³-hybridized carbons (Fsp3) is 0.462. The predicted octanol–water partition coefficient (Wildman–Crippen LogP) is 1.27. The van der Waals surface area contributed by atoms with Gasteiger partial charge >= 0.3 is 0 Å². The number of ketones is 1. The van der Waals surface area contributed by atoms with Crippen molar-refractivity contribution in [1.29, 1.82) is 0 Å². The average molecular weight is 303 g/mol. The van der Waals surface area contributed by atoms with E-state index in [-0.39, 0.29) is 24.6 Å². The van der Waals surface area contributed by atoms with Gasteiger partial charge in [0.1, 0.15) is 11.6 Å². The number of halogens is 2. The molecule has 1 heterocycles.